The molecule has 3 nitrogen and oxygen atoms in total. The standard InChI is InChI=1S/C13H15N3/c1-9-5-10(7-14-6-9)12-8-16-13-11(12)3-2-4-15-13/h2-5,8-9,14H,6-7H2,1H3,(H,15,16)/i7D,9D. The van der Waals surface area contributed by atoms with Gasteiger partial charge in [-0.15, -0.1) is 0 Å². The molecule has 2 atom stereocenters. The number of hydrogen-bond donors (Lipinski definition) is 2. The third-order valence-electron chi connectivity index (χ3n) is 2.80. The molecule has 0 spiro atoms. The van der Waals surface area contributed by atoms with Crippen molar-refractivity contribution in [1.29, 1.82) is 0 Å². The van der Waals surface area contributed by atoms with Crippen LogP contribution in [-0.4, -0.2) is 23.0 Å². The summed E-state index contributed by atoms with van der Waals surface area (Å²) in [6, 6.07) is 3.87. The maximum absolute atomic E-state index is 8.11. The Hall–Kier alpha value is -1.61. The van der Waals surface area contributed by atoms with Crippen molar-refractivity contribution in [2.45, 2.75) is 6.92 Å². The minimum Gasteiger partial charge on any atom is -0.346 e. The first-order chi connectivity index (χ1) is 8.57. The van der Waals surface area contributed by atoms with E-state index in [4.69, 9.17) is 2.74 Å². The van der Waals surface area contributed by atoms with E-state index in [0.29, 0.717) is 6.54 Å². The molecule has 0 aliphatic carbocycles. The summed E-state index contributed by atoms with van der Waals surface area (Å²) in [5.41, 5.74) is 2.62. The lowest BCUT2D eigenvalue weighted by Gasteiger charge is -2.18. The summed E-state index contributed by atoms with van der Waals surface area (Å²) in [6.07, 6.45) is 5.48. The number of nitrogens with zero attached hydrogens (tertiary/aromatic N) is 1. The fourth-order valence-corrected chi connectivity index (χ4v) is 2.03. The van der Waals surface area contributed by atoms with Gasteiger partial charge in [0.2, 0.25) is 0 Å². The molecule has 3 heteroatoms. The Morgan fingerprint density at radius 2 is 2.56 bits per heavy atom. The first-order valence-corrected chi connectivity index (χ1v) is 5.38. The van der Waals surface area contributed by atoms with Crippen LogP contribution in [0, 0.1) is 5.89 Å². The van der Waals surface area contributed by atoms with Gasteiger partial charge in [0.25, 0.3) is 0 Å². The largest absolute Gasteiger partial charge is 0.346 e. The number of pyridine rings is 1. The highest BCUT2D eigenvalue weighted by Gasteiger charge is 2.13. The number of aromatic nitrogens is 2. The molecule has 0 amide bonds. The monoisotopic (exact) mass is 215 g/mol. The molecule has 0 saturated heterocycles. The van der Waals surface area contributed by atoms with Crippen LogP contribution in [0.3, 0.4) is 0 Å². The molecule has 82 valence electrons. The number of nitrogens with one attached hydrogen (secondary N) is 2. The van der Waals surface area contributed by atoms with Crippen LogP contribution in [0.2, 0.25) is 0 Å². The molecule has 3 heterocycles. The average molecular weight is 215 g/mol. The zero-order chi connectivity index (χ0) is 12.8. The highest BCUT2D eigenvalue weighted by Crippen LogP contribution is 2.25. The first kappa shape index (κ1) is 7.63. The maximum atomic E-state index is 8.11. The van der Waals surface area contributed by atoms with Crippen molar-refractivity contribution in [3.05, 3.63) is 36.2 Å². The number of hydrogen-bond acceptors (Lipinski definition) is 2. The van der Waals surface area contributed by atoms with E-state index < -0.39 is 12.4 Å². The molecule has 2 N–H and O–H groups in total. The SMILES string of the molecule is [2H]C1NCC([2H])(C)C=C1c1c[nH]c2ncccc12. The smallest absolute Gasteiger partial charge is 0.137 e. The van der Waals surface area contributed by atoms with Gasteiger partial charge in [-0.3, -0.25) is 0 Å². The van der Waals surface area contributed by atoms with E-state index in [1.807, 2.05) is 31.3 Å². The van der Waals surface area contributed by atoms with Gasteiger partial charge in [-0.2, -0.15) is 0 Å². The lowest BCUT2D eigenvalue weighted by atomic mass is 9.97. The van der Waals surface area contributed by atoms with Crippen molar-refractivity contribution in [3.63, 3.8) is 0 Å². The van der Waals surface area contributed by atoms with Crippen LogP contribution in [0.1, 0.15) is 15.2 Å². The van der Waals surface area contributed by atoms with Gasteiger partial charge in [-0.1, -0.05) is 13.0 Å². The van der Waals surface area contributed by atoms with Crippen molar-refractivity contribution in [2.75, 3.05) is 13.1 Å². The molecule has 0 aromatic carbocycles. The summed E-state index contributed by atoms with van der Waals surface area (Å²) in [4.78, 5) is 7.36. The van der Waals surface area contributed by atoms with Gasteiger partial charge in [-0.25, -0.2) is 4.98 Å². The van der Waals surface area contributed by atoms with Gasteiger partial charge in [-0.05, 0) is 23.6 Å². The summed E-state index contributed by atoms with van der Waals surface area (Å²) < 4.78 is 16.2. The van der Waals surface area contributed by atoms with Gasteiger partial charge in [0.1, 0.15) is 5.65 Å². The second kappa shape index (κ2) is 3.76. The molecule has 2 unspecified atom stereocenters. The summed E-state index contributed by atoms with van der Waals surface area (Å²) in [7, 11) is 0. The molecule has 0 radical (unpaired) electrons. The minimum absolute atomic E-state index is 0.484. The Bertz CT molecular complexity index is 615. The van der Waals surface area contributed by atoms with Crippen LogP contribution in [0.25, 0.3) is 16.6 Å². The van der Waals surface area contributed by atoms with Crippen molar-refractivity contribution in [2.24, 2.45) is 5.89 Å². The lowest BCUT2D eigenvalue weighted by Crippen LogP contribution is -2.26. The van der Waals surface area contributed by atoms with E-state index in [1.54, 1.807) is 6.20 Å². The fourth-order valence-electron chi connectivity index (χ4n) is 2.03. The summed E-state index contributed by atoms with van der Waals surface area (Å²) in [5.74, 6) is -0.668. The van der Waals surface area contributed by atoms with Crippen LogP contribution in [0.4, 0.5) is 0 Å². The van der Waals surface area contributed by atoms with Crippen molar-refractivity contribution < 1.29 is 2.74 Å². The zero-order valence-corrected chi connectivity index (χ0v) is 9.12. The number of rotatable bonds is 1. The Balaban J connectivity index is 2.16. The third kappa shape index (κ3) is 1.53. The van der Waals surface area contributed by atoms with Crippen LogP contribution in [0.5, 0.6) is 0 Å². The predicted molar refractivity (Wildman–Crippen MR) is 66.1 cm³/mol. The first-order valence-electron chi connectivity index (χ1n) is 6.45. The zero-order valence-electron chi connectivity index (χ0n) is 11.1. The number of H-pyrrole nitrogens is 1. The molecule has 3 rings (SSSR count). The van der Waals surface area contributed by atoms with Gasteiger partial charge in [0.05, 0.1) is 0 Å². The molecular formula is C13H15N3. The molecule has 2 aromatic heterocycles. The second-order valence-electron chi connectivity index (χ2n) is 4.07. The molecule has 1 aliphatic rings. The molecule has 0 saturated carbocycles. The Morgan fingerprint density at radius 3 is 3.50 bits per heavy atom. The van der Waals surface area contributed by atoms with Crippen LogP contribution < -0.4 is 5.32 Å². The Morgan fingerprint density at radius 1 is 1.62 bits per heavy atom. The lowest BCUT2D eigenvalue weighted by molar-refractivity contribution is 0.607. The number of fused-ring (bicyclic) bond motifs is 1. The van der Waals surface area contributed by atoms with E-state index in [0.717, 1.165) is 22.2 Å². The van der Waals surface area contributed by atoms with Gasteiger partial charge in [0.15, 0.2) is 0 Å². The Labute approximate surface area is 97.4 Å². The topological polar surface area (TPSA) is 40.7 Å². The highest BCUT2D eigenvalue weighted by molar-refractivity contribution is 5.91. The summed E-state index contributed by atoms with van der Waals surface area (Å²) >= 11 is 0. The van der Waals surface area contributed by atoms with Crippen molar-refractivity contribution in [3.8, 4) is 0 Å². The highest BCUT2D eigenvalue weighted by atomic mass is 14.9. The van der Waals surface area contributed by atoms with E-state index in [1.165, 1.54) is 0 Å². The molecule has 16 heavy (non-hydrogen) atoms. The van der Waals surface area contributed by atoms with Crippen molar-refractivity contribution in [1.82, 2.24) is 15.3 Å². The van der Waals surface area contributed by atoms with Gasteiger partial charge in [0, 0.05) is 39.2 Å². The van der Waals surface area contributed by atoms with Crippen molar-refractivity contribution >= 4 is 16.6 Å². The average Bonchev–Trinajstić information content (AvgIpc) is 2.76. The van der Waals surface area contributed by atoms with E-state index in [2.05, 4.69) is 15.3 Å². The van der Waals surface area contributed by atoms with Crippen LogP contribution in [0.15, 0.2) is 30.6 Å². The molecule has 0 fully saturated rings. The van der Waals surface area contributed by atoms with E-state index in [-0.39, 0.29) is 0 Å². The molecule has 2 aromatic rings. The minimum atomic E-state index is -0.668. The van der Waals surface area contributed by atoms with E-state index >= 15 is 0 Å². The summed E-state index contributed by atoms with van der Waals surface area (Å²) in [6.45, 7) is 1.87. The maximum Gasteiger partial charge on any atom is 0.137 e. The molecule has 1 aliphatic heterocycles. The van der Waals surface area contributed by atoms with Gasteiger partial charge < -0.3 is 10.3 Å². The molecule has 0 bridgehead atoms. The van der Waals surface area contributed by atoms with Crippen LogP contribution >= 0.6 is 0 Å². The quantitative estimate of drug-likeness (QED) is 0.765. The predicted octanol–water partition coefficient (Wildman–Crippen LogP) is 2.19. The number of aromatic amines is 1. The normalized spacial score (nSPS) is 32.1. The summed E-state index contributed by atoms with van der Waals surface area (Å²) in [5, 5.41) is 4.05. The Kier molecular flexibility index (Phi) is 1.79. The molecular weight excluding hydrogens is 198 g/mol. The van der Waals surface area contributed by atoms with Gasteiger partial charge >= 0.3 is 0 Å². The van der Waals surface area contributed by atoms with Crippen LogP contribution in [-0.2, 0) is 0 Å². The van der Waals surface area contributed by atoms with E-state index in [9.17, 15) is 0 Å². The second-order valence-corrected chi connectivity index (χ2v) is 4.07. The third-order valence-corrected chi connectivity index (χ3v) is 2.80. The fraction of sp³-hybridized carbons (Fsp3) is 0.308.